The van der Waals surface area contributed by atoms with Gasteiger partial charge in [-0.2, -0.15) is 0 Å². The molecule has 150 valence electrons. The highest BCUT2D eigenvalue weighted by Crippen LogP contribution is 2.37. The monoisotopic (exact) mass is 415 g/mol. The van der Waals surface area contributed by atoms with E-state index in [1.54, 1.807) is 36.4 Å². The standard InChI is InChI=1S/C20H18ClN3O5/c21-15-8-12(9-16-18(15)29-7-3-6-28-16)10-22-17(25)11-24-20(27)14-5-2-1-4-13(14)19(26)23-24/h1-2,4-5,8-9H,3,6-7,10-11H2,(H,22,25)(H,23,26). The van der Waals surface area contributed by atoms with Crippen LogP contribution < -0.4 is 25.9 Å². The van der Waals surface area contributed by atoms with E-state index in [4.69, 9.17) is 21.1 Å². The molecule has 1 aromatic heterocycles. The summed E-state index contributed by atoms with van der Waals surface area (Å²) < 4.78 is 12.2. The quantitative estimate of drug-likeness (QED) is 0.676. The van der Waals surface area contributed by atoms with E-state index in [1.807, 2.05) is 0 Å². The first-order valence-electron chi connectivity index (χ1n) is 9.09. The molecule has 0 saturated heterocycles. The highest BCUT2D eigenvalue weighted by atomic mass is 35.5. The average Bonchev–Trinajstić information content (AvgIpc) is 2.96. The van der Waals surface area contributed by atoms with E-state index in [2.05, 4.69) is 10.4 Å². The van der Waals surface area contributed by atoms with E-state index in [1.165, 1.54) is 0 Å². The van der Waals surface area contributed by atoms with Gasteiger partial charge in [0.05, 0.1) is 29.0 Å². The molecule has 0 atom stereocenters. The zero-order valence-electron chi connectivity index (χ0n) is 15.4. The zero-order chi connectivity index (χ0) is 20.4. The smallest absolute Gasteiger partial charge is 0.273 e. The Labute approximate surface area is 170 Å². The lowest BCUT2D eigenvalue weighted by atomic mass is 10.2. The molecule has 0 saturated carbocycles. The number of H-pyrrole nitrogens is 1. The number of nitrogens with one attached hydrogen (secondary N) is 2. The third-order valence-corrected chi connectivity index (χ3v) is 4.82. The number of hydrogen-bond acceptors (Lipinski definition) is 5. The molecule has 2 N–H and O–H groups in total. The predicted octanol–water partition coefficient (Wildman–Crippen LogP) is 1.82. The fourth-order valence-corrected chi connectivity index (χ4v) is 3.43. The Morgan fingerprint density at radius 2 is 1.90 bits per heavy atom. The van der Waals surface area contributed by atoms with Crippen LogP contribution in [-0.4, -0.2) is 28.9 Å². The summed E-state index contributed by atoms with van der Waals surface area (Å²) in [6, 6.07) is 9.92. The maximum atomic E-state index is 12.5. The Hall–Kier alpha value is -3.26. The summed E-state index contributed by atoms with van der Waals surface area (Å²) in [5, 5.41) is 6.11. The van der Waals surface area contributed by atoms with Gasteiger partial charge in [-0.3, -0.25) is 19.5 Å². The molecule has 3 aromatic rings. The molecule has 1 amide bonds. The van der Waals surface area contributed by atoms with Crippen molar-refractivity contribution >= 4 is 28.3 Å². The highest BCUT2D eigenvalue weighted by molar-refractivity contribution is 6.32. The van der Waals surface area contributed by atoms with Crippen molar-refractivity contribution in [1.29, 1.82) is 0 Å². The maximum absolute atomic E-state index is 12.5. The van der Waals surface area contributed by atoms with Crippen LogP contribution in [0.15, 0.2) is 46.0 Å². The summed E-state index contributed by atoms with van der Waals surface area (Å²) in [5.41, 5.74) is -0.136. The zero-order valence-corrected chi connectivity index (χ0v) is 16.1. The number of nitrogens with zero attached hydrogens (tertiary/aromatic N) is 1. The lowest BCUT2D eigenvalue weighted by Crippen LogP contribution is -2.36. The van der Waals surface area contributed by atoms with Crippen LogP contribution in [0.1, 0.15) is 12.0 Å². The lowest BCUT2D eigenvalue weighted by Gasteiger charge is -2.12. The van der Waals surface area contributed by atoms with Crippen molar-refractivity contribution in [3.05, 3.63) is 67.7 Å². The van der Waals surface area contributed by atoms with Gasteiger partial charge in [0.25, 0.3) is 11.1 Å². The molecule has 0 fully saturated rings. The molecular weight excluding hydrogens is 398 g/mol. The van der Waals surface area contributed by atoms with Gasteiger partial charge in [-0.15, -0.1) is 0 Å². The first-order valence-corrected chi connectivity index (χ1v) is 9.47. The summed E-state index contributed by atoms with van der Waals surface area (Å²) >= 11 is 6.26. The number of aromatic amines is 1. The van der Waals surface area contributed by atoms with Crippen LogP contribution in [0.5, 0.6) is 11.5 Å². The summed E-state index contributed by atoms with van der Waals surface area (Å²) in [5.74, 6) is 0.607. The first-order chi connectivity index (χ1) is 14.0. The number of carbonyl (C=O) groups is 1. The fraction of sp³-hybridized carbons (Fsp3) is 0.250. The Morgan fingerprint density at radius 3 is 2.72 bits per heavy atom. The van der Waals surface area contributed by atoms with Crippen molar-refractivity contribution in [3.8, 4) is 11.5 Å². The third kappa shape index (κ3) is 3.97. The molecule has 4 rings (SSSR count). The number of benzene rings is 2. The van der Waals surface area contributed by atoms with Gasteiger partial charge in [0.2, 0.25) is 5.91 Å². The molecule has 1 aliphatic rings. The number of aromatic nitrogens is 2. The molecule has 2 aromatic carbocycles. The number of rotatable bonds is 4. The molecule has 0 unspecified atom stereocenters. The number of fused-ring (bicyclic) bond motifs is 2. The van der Waals surface area contributed by atoms with Gasteiger partial charge in [0.1, 0.15) is 6.54 Å². The summed E-state index contributed by atoms with van der Waals surface area (Å²) in [7, 11) is 0. The molecule has 9 heteroatoms. The van der Waals surface area contributed by atoms with Crippen LogP contribution in [0.2, 0.25) is 5.02 Å². The fourth-order valence-electron chi connectivity index (χ4n) is 3.14. The van der Waals surface area contributed by atoms with Gasteiger partial charge in [0.15, 0.2) is 11.5 Å². The Bertz CT molecular complexity index is 1200. The minimum absolute atomic E-state index is 0.182. The summed E-state index contributed by atoms with van der Waals surface area (Å²) in [6.07, 6.45) is 0.760. The Morgan fingerprint density at radius 1 is 1.14 bits per heavy atom. The molecule has 0 aliphatic carbocycles. The SMILES string of the molecule is O=C(Cn1[nH]c(=O)c2ccccc2c1=O)NCc1cc(Cl)c2c(c1)OCCCO2. The number of ether oxygens (including phenoxy) is 2. The van der Waals surface area contributed by atoms with E-state index < -0.39 is 17.0 Å². The van der Waals surface area contributed by atoms with E-state index in [0.29, 0.717) is 29.7 Å². The van der Waals surface area contributed by atoms with Crippen molar-refractivity contribution in [2.45, 2.75) is 19.5 Å². The van der Waals surface area contributed by atoms with E-state index >= 15 is 0 Å². The first kappa shape index (κ1) is 19.1. The van der Waals surface area contributed by atoms with Crippen molar-refractivity contribution in [1.82, 2.24) is 15.1 Å². The minimum atomic E-state index is -0.436. The number of halogens is 1. The van der Waals surface area contributed by atoms with Gasteiger partial charge in [-0.05, 0) is 29.8 Å². The van der Waals surface area contributed by atoms with Crippen LogP contribution in [0.25, 0.3) is 10.8 Å². The van der Waals surface area contributed by atoms with E-state index in [0.717, 1.165) is 16.7 Å². The molecule has 0 spiro atoms. The normalized spacial score (nSPS) is 13.1. The predicted molar refractivity (Wildman–Crippen MR) is 108 cm³/mol. The second kappa shape index (κ2) is 8.00. The van der Waals surface area contributed by atoms with Crippen molar-refractivity contribution in [2.24, 2.45) is 0 Å². The van der Waals surface area contributed by atoms with Crippen molar-refractivity contribution < 1.29 is 14.3 Å². The molecule has 1 aliphatic heterocycles. The van der Waals surface area contributed by atoms with Crippen LogP contribution >= 0.6 is 11.6 Å². The molecule has 29 heavy (non-hydrogen) atoms. The van der Waals surface area contributed by atoms with E-state index in [9.17, 15) is 14.4 Å². The van der Waals surface area contributed by atoms with Gasteiger partial charge in [-0.25, -0.2) is 4.68 Å². The average molecular weight is 416 g/mol. The van der Waals surface area contributed by atoms with Crippen molar-refractivity contribution in [2.75, 3.05) is 13.2 Å². The lowest BCUT2D eigenvalue weighted by molar-refractivity contribution is -0.122. The second-order valence-corrected chi connectivity index (χ2v) is 7.02. The highest BCUT2D eigenvalue weighted by Gasteiger charge is 2.16. The van der Waals surface area contributed by atoms with E-state index in [-0.39, 0.29) is 23.9 Å². The molecule has 0 radical (unpaired) electrons. The number of hydrogen-bond donors (Lipinski definition) is 2. The van der Waals surface area contributed by atoms with Crippen LogP contribution in [0.4, 0.5) is 0 Å². The van der Waals surface area contributed by atoms with Gasteiger partial charge >= 0.3 is 0 Å². The summed E-state index contributed by atoms with van der Waals surface area (Å²) in [4.78, 5) is 37.0. The molecule has 0 bridgehead atoms. The number of carbonyl (C=O) groups excluding carboxylic acids is 1. The van der Waals surface area contributed by atoms with Gasteiger partial charge < -0.3 is 14.8 Å². The molecular formula is C20H18ClN3O5. The summed E-state index contributed by atoms with van der Waals surface area (Å²) in [6.45, 7) is 0.928. The van der Waals surface area contributed by atoms with Gasteiger partial charge in [0, 0.05) is 13.0 Å². The van der Waals surface area contributed by atoms with Gasteiger partial charge in [-0.1, -0.05) is 23.7 Å². The molecule has 2 heterocycles. The van der Waals surface area contributed by atoms with Crippen molar-refractivity contribution in [3.63, 3.8) is 0 Å². The third-order valence-electron chi connectivity index (χ3n) is 4.54. The van der Waals surface area contributed by atoms with Crippen LogP contribution in [0.3, 0.4) is 0 Å². The van der Waals surface area contributed by atoms with Crippen LogP contribution in [-0.2, 0) is 17.9 Å². The molecule has 8 nitrogen and oxygen atoms in total. The largest absolute Gasteiger partial charge is 0.489 e. The second-order valence-electron chi connectivity index (χ2n) is 6.61. The maximum Gasteiger partial charge on any atom is 0.273 e. The Kier molecular flexibility index (Phi) is 5.26. The van der Waals surface area contributed by atoms with Crippen LogP contribution in [0, 0.1) is 0 Å². The topological polar surface area (TPSA) is 102 Å². The minimum Gasteiger partial charge on any atom is -0.489 e. The Balaban J connectivity index is 1.49. The number of amides is 1.